The maximum atomic E-state index is 4.52. The Kier molecular flexibility index (Phi) is 2.79. The zero-order valence-electron chi connectivity index (χ0n) is 12.4. The molecule has 0 spiro atoms. The highest BCUT2D eigenvalue weighted by Gasteiger charge is 2.11. The highest BCUT2D eigenvalue weighted by molar-refractivity contribution is 5.97. The van der Waals surface area contributed by atoms with Gasteiger partial charge in [-0.25, -0.2) is 15.0 Å². The second-order valence-corrected chi connectivity index (χ2v) is 5.29. The van der Waals surface area contributed by atoms with E-state index in [9.17, 15) is 0 Å². The van der Waals surface area contributed by atoms with Crippen LogP contribution in [0.3, 0.4) is 0 Å². The van der Waals surface area contributed by atoms with Crippen LogP contribution in [0.4, 0.5) is 11.5 Å². The maximum Gasteiger partial charge on any atom is 0.183 e. The van der Waals surface area contributed by atoms with Crippen molar-refractivity contribution in [1.82, 2.24) is 19.9 Å². The third kappa shape index (κ3) is 2.07. The molecule has 2 aromatic heterocycles. The van der Waals surface area contributed by atoms with Crippen molar-refractivity contribution in [3.8, 4) is 0 Å². The number of anilines is 2. The molecule has 4 aromatic rings. The van der Waals surface area contributed by atoms with Gasteiger partial charge in [0.2, 0.25) is 0 Å². The highest BCUT2D eigenvalue weighted by Crippen LogP contribution is 2.28. The van der Waals surface area contributed by atoms with Crippen molar-refractivity contribution in [3.05, 3.63) is 54.1 Å². The molecule has 0 aliphatic heterocycles. The monoisotopic (exact) mass is 289 g/mol. The first-order valence-corrected chi connectivity index (χ1v) is 7.16. The van der Waals surface area contributed by atoms with Crippen molar-refractivity contribution in [2.45, 2.75) is 13.8 Å². The second kappa shape index (κ2) is 4.80. The van der Waals surface area contributed by atoms with Crippen LogP contribution in [0, 0.1) is 13.8 Å². The number of aromatic amines is 1. The van der Waals surface area contributed by atoms with E-state index < -0.39 is 0 Å². The van der Waals surface area contributed by atoms with Gasteiger partial charge in [0.25, 0.3) is 0 Å². The molecule has 0 fully saturated rings. The second-order valence-electron chi connectivity index (χ2n) is 5.29. The molecule has 2 N–H and O–H groups in total. The van der Waals surface area contributed by atoms with Gasteiger partial charge in [-0.05, 0) is 25.3 Å². The first-order chi connectivity index (χ1) is 10.7. The molecule has 4 rings (SSSR count). The molecule has 0 aliphatic rings. The topological polar surface area (TPSA) is 66.5 Å². The maximum absolute atomic E-state index is 4.52. The zero-order chi connectivity index (χ0) is 15.1. The Morgan fingerprint density at radius 2 is 1.73 bits per heavy atom. The molecule has 2 aromatic carbocycles. The number of rotatable bonds is 2. The summed E-state index contributed by atoms with van der Waals surface area (Å²) in [6, 6.07) is 14.5. The van der Waals surface area contributed by atoms with E-state index in [4.69, 9.17) is 0 Å². The number of aryl methyl sites for hydroxylation is 2. The molecule has 0 bridgehead atoms. The molecule has 0 saturated carbocycles. The molecule has 0 aliphatic carbocycles. The number of hydrogen-bond acceptors (Lipinski definition) is 4. The fourth-order valence-electron chi connectivity index (χ4n) is 2.67. The van der Waals surface area contributed by atoms with E-state index in [1.807, 2.05) is 32.0 Å². The summed E-state index contributed by atoms with van der Waals surface area (Å²) in [5.41, 5.74) is 2.54. The van der Waals surface area contributed by atoms with Gasteiger partial charge in [0.15, 0.2) is 11.5 Å². The van der Waals surface area contributed by atoms with Gasteiger partial charge in [0.05, 0.1) is 0 Å². The van der Waals surface area contributed by atoms with Crippen molar-refractivity contribution >= 4 is 33.4 Å². The predicted molar refractivity (Wildman–Crippen MR) is 88.4 cm³/mol. The van der Waals surface area contributed by atoms with Crippen molar-refractivity contribution in [1.29, 1.82) is 0 Å². The standard InChI is InChI=1S/C17H15N5/c1-10-18-15-16(19-10)20-11(2)21-17(15)22-14-9-5-7-12-6-3-4-8-13(12)14/h3-9H,1-2H3,(H2,18,19,20,21,22). The number of fused-ring (bicyclic) bond motifs is 2. The van der Waals surface area contributed by atoms with Crippen LogP contribution in [0.15, 0.2) is 42.5 Å². The minimum absolute atomic E-state index is 0.688. The van der Waals surface area contributed by atoms with E-state index in [1.165, 1.54) is 5.39 Å². The lowest BCUT2D eigenvalue weighted by molar-refractivity contribution is 1.08. The summed E-state index contributed by atoms with van der Waals surface area (Å²) in [7, 11) is 0. The number of imidazole rings is 1. The summed E-state index contributed by atoms with van der Waals surface area (Å²) >= 11 is 0. The van der Waals surface area contributed by atoms with Gasteiger partial charge >= 0.3 is 0 Å². The van der Waals surface area contributed by atoms with Crippen LogP contribution in [0.2, 0.25) is 0 Å². The third-order valence-corrected chi connectivity index (χ3v) is 3.62. The van der Waals surface area contributed by atoms with Crippen LogP contribution in [0.5, 0.6) is 0 Å². The van der Waals surface area contributed by atoms with E-state index in [2.05, 4.69) is 49.5 Å². The summed E-state index contributed by atoms with van der Waals surface area (Å²) in [6.45, 7) is 3.79. The Bertz CT molecular complexity index is 982. The predicted octanol–water partition coefficient (Wildman–Crippen LogP) is 3.87. The first kappa shape index (κ1) is 12.8. The lowest BCUT2D eigenvalue weighted by Gasteiger charge is -2.10. The molecule has 0 unspecified atom stereocenters. The fourth-order valence-corrected chi connectivity index (χ4v) is 2.67. The van der Waals surface area contributed by atoms with Gasteiger partial charge in [-0.1, -0.05) is 36.4 Å². The van der Waals surface area contributed by atoms with Gasteiger partial charge < -0.3 is 10.3 Å². The van der Waals surface area contributed by atoms with E-state index in [0.717, 1.165) is 28.2 Å². The van der Waals surface area contributed by atoms with Crippen LogP contribution in [0.1, 0.15) is 11.6 Å². The molecular weight excluding hydrogens is 274 g/mol. The molecular formula is C17H15N5. The van der Waals surface area contributed by atoms with Crippen LogP contribution in [-0.2, 0) is 0 Å². The van der Waals surface area contributed by atoms with Gasteiger partial charge in [0.1, 0.15) is 17.2 Å². The Balaban J connectivity index is 1.89. The zero-order valence-corrected chi connectivity index (χ0v) is 12.4. The lowest BCUT2D eigenvalue weighted by Crippen LogP contribution is -1.99. The normalized spacial score (nSPS) is 11.2. The van der Waals surface area contributed by atoms with Crippen molar-refractivity contribution in [2.75, 3.05) is 5.32 Å². The van der Waals surface area contributed by atoms with E-state index >= 15 is 0 Å². The van der Waals surface area contributed by atoms with Crippen LogP contribution < -0.4 is 5.32 Å². The average Bonchev–Trinajstić information content (AvgIpc) is 2.88. The summed E-state index contributed by atoms with van der Waals surface area (Å²) < 4.78 is 0. The molecule has 0 amide bonds. The SMILES string of the molecule is Cc1nc(Nc2cccc3ccccc23)c2[nH]c(C)nc2n1. The summed E-state index contributed by atoms with van der Waals surface area (Å²) in [6.07, 6.45) is 0. The smallest absolute Gasteiger partial charge is 0.183 e. The molecule has 5 nitrogen and oxygen atoms in total. The molecule has 5 heteroatoms. The molecule has 108 valence electrons. The number of aromatic nitrogens is 4. The molecule has 0 radical (unpaired) electrons. The van der Waals surface area contributed by atoms with E-state index in [1.54, 1.807) is 0 Å². The molecule has 22 heavy (non-hydrogen) atoms. The molecule has 0 saturated heterocycles. The van der Waals surface area contributed by atoms with Gasteiger partial charge in [-0.3, -0.25) is 0 Å². The van der Waals surface area contributed by atoms with Crippen molar-refractivity contribution < 1.29 is 0 Å². The number of hydrogen-bond donors (Lipinski definition) is 2. The fraction of sp³-hybridized carbons (Fsp3) is 0.118. The number of nitrogens with zero attached hydrogens (tertiary/aromatic N) is 3. The highest BCUT2D eigenvalue weighted by atomic mass is 15.1. The summed E-state index contributed by atoms with van der Waals surface area (Å²) in [5.74, 6) is 2.28. The molecule has 2 heterocycles. The Hall–Kier alpha value is -2.95. The van der Waals surface area contributed by atoms with Crippen molar-refractivity contribution in [2.24, 2.45) is 0 Å². The van der Waals surface area contributed by atoms with Gasteiger partial charge in [-0.2, -0.15) is 0 Å². The lowest BCUT2D eigenvalue weighted by atomic mass is 10.1. The Morgan fingerprint density at radius 1 is 0.909 bits per heavy atom. The first-order valence-electron chi connectivity index (χ1n) is 7.16. The Labute approximate surface area is 127 Å². The van der Waals surface area contributed by atoms with Crippen LogP contribution in [-0.4, -0.2) is 19.9 Å². The minimum atomic E-state index is 0.688. The van der Waals surface area contributed by atoms with Gasteiger partial charge in [-0.15, -0.1) is 0 Å². The van der Waals surface area contributed by atoms with Gasteiger partial charge in [0, 0.05) is 11.1 Å². The number of H-pyrrole nitrogens is 1. The van der Waals surface area contributed by atoms with Crippen molar-refractivity contribution in [3.63, 3.8) is 0 Å². The summed E-state index contributed by atoms with van der Waals surface area (Å²) in [5, 5.41) is 5.77. The Morgan fingerprint density at radius 3 is 2.64 bits per heavy atom. The molecule has 0 atom stereocenters. The average molecular weight is 289 g/mol. The third-order valence-electron chi connectivity index (χ3n) is 3.62. The largest absolute Gasteiger partial charge is 0.338 e. The number of benzene rings is 2. The van der Waals surface area contributed by atoms with Crippen LogP contribution in [0.25, 0.3) is 21.9 Å². The van der Waals surface area contributed by atoms with E-state index in [-0.39, 0.29) is 0 Å². The minimum Gasteiger partial charge on any atom is -0.338 e. The van der Waals surface area contributed by atoms with E-state index in [0.29, 0.717) is 11.5 Å². The van der Waals surface area contributed by atoms with Crippen LogP contribution >= 0.6 is 0 Å². The summed E-state index contributed by atoms with van der Waals surface area (Å²) in [4.78, 5) is 16.5. The quantitative estimate of drug-likeness (QED) is 0.588. The number of nitrogens with one attached hydrogen (secondary N) is 2.